The number of aromatic nitrogens is 7. The van der Waals surface area contributed by atoms with Gasteiger partial charge in [-0.15, -0.1) is 10.2 Å². The molecule has 12 heteroatoms. The van der Waals surface area contributed by atoms with E-state index in [0.29, 0.717) is 32.0 Å². The highest BCUT2D eigenvalue weighted by molar-refractivity contribution is 5.76. The van der Waals surface area contributed by atoms with Crippen LogP contribution in [-0.4, -0.2) is 71.5 Å². The number of carbonyl (C=O) groups excluding carboxylic acids is 1. The highest BCUT2D eigenvalue weighted by Gasteiger charge is 2.22. The second-order valence-electron chi connectivity index (χ2n) is 6.51. The number of rotatable bonds is 5. The Morgan fingerprint density at radius 1 is 1.03 bits per heavy atom. The third-order valence-corrected chi connectivity index (χ3v) is 4.71. The van der Waals surface area contributed by atoms with Crippen LogP contribution in [0.4, 0.5) is 5.82 Å². The number of H-pyrrole nitrogens is 1. The lowest BCUT2D eigenvalue weighted by Crippen LogP contribution is -2.49. The lowest BCUT2D eigenvalue weighted by atomic mass is 10.2. The molecular formula is C17H19N9O3. The molecule has 1 aliphatic heterocycles. The number of anilines is 1. The molecule has 0 aliphatic carbocycles. The van der Waals surface area contributed by atoms with Crippen LogP contribution in [-0.2, 0) is 11.3 Å². The van der Waals surface area contributed by atoms with Crippen molar-refractivity contribution >= 4 is 11.7 Å². The number of aromatic amines is 1. The van der Waals surface area contributed by atoms with Crippen molar-refractivity contribution in [3.63, 3.8) is 0 Å². The smallest absolute Gasteiger partial charge is 0.328 e. The summed E-state index contributed by atoms with van der Waals surface area (Å²) in [7, 11) is 0. The van der Waals surface area contributed by atoms with E-state index in [-0.39, 0.29) is 18.9 Å². The van der Waals surface area contributed by atoms with Crippen molar-refractivity contribution in [2.24, 2.45) is 0 Å². The van der Waals surface area contributed by atoms with Gasteiger partial charge in [0.25, 0.3) is 5.56 Å². The van der Waals surface area contributed by atoms with Crippen LogP contribution in [0.5, 0.6) is 0 Å². The van der Waals surface area contributed by atoms with Crippen molar-refractivity contribution < 1.29 is 4.79 Å². The standard InChI is InChI=1S/C17H19N9O3/c27-15-3-5-25(17(29)20-15)6-4-16(28)24-9-7-23(8-10-24)13-1-2-14(22-21-13)26-12-18-11-19-26/h1-3,5,11-12H,4,6-10H2,(H,20,27,29). The first-order valence-electron chi connectivity index (χ1n) is 9.11. The molecule has 3 aromatic rings. The van der Waals surface area contributed by atoms with Gasteiger partial charge in [0, 0.05) is 51.4 Å². The molecule has 0 spiro atoms. The molecular weight excluding hydrogens is 378 g/mol. The Morgan fingerprint density at radius 3 is 2.45 bits per heavy atom. The molecule has 29 heavy (non-hydrogen) atoms. The Bertz CT molecular complexity index is 1080. The zero-order valence-electron chi connectivity index (χ0n) is 15.5. The van der Waals surface area contributed by atoms with Crippen LogP contribution in [0.3, 0.4) is 0 Å². The van der Waals surface area contributed by atoms with Gasteiger partial charge >= 0.3 is 5.69 Å². The first-order chi connectivity index (χ1) is 14.1. The Labute approximate surface area is 164 Å². The summed E-state index contributed by atoms with van der Waals surface area (Å²) in [4.78, 5) is 45.1. The van der Waals surface area contributed by atoms with E-state index in [4.69, 9.17) is 0 Å². The number of piperazine rings is 1. The molecule has 0 bridgehead atoms. The van der Waals surface area contributed by atoms with Crippen molar-refractivity contribution in [2.75, 3.05) is 31.1 Å². The fourth-order valence-electron chi connectivity index (χ4n) is 3.12. The van der Waals surface area contributed by atoms with E-state index >= 15 is 0 Å². The van der Waals surface area contributed by atoms with Gasteiger partial charge in [-0.05, 0) is 12.1 Å². The molecule has 1 aliphatic rings. The summed E-state index contributed by atoms with van der Waals surface area (Å²) in [6, 6.07) is 4.94. The maximum Gasteiger partial charge on any atom is 0.328 e. The van der Waals surface area contributed by atoms with Gasteiger partial charge in [-0.25, -0.2) is 14.5 Å². The fourth-order valence-corrected chi connectivity index (χ4v) is 3.12. The first-order valence-corrected chi connectivity index (χ1v) is 9.11. The summed E-state index contributed by atoms with van der Waals surface area (Å²) >= 11 is 0. The molecule has 1 saturated heterocycles. The van der Waals surface area contributed by atoms with E-state index < -0.39 is 11.2 Å². The van der Waals surface area contributed by atoms with Gasteiger partial charge < -0.3 is 14.4 Å². The average molecular weight is 397 g/mol. The average Bonchev–Trinajstić information content (AvgIpc) is 3.28. The van der Waals surface area contributed by atoms with Gasteiger partial charge in [-0.1, -0.05) is 0 Å². The van der Waals surface area contributed by atoms with Gasteiger partial charge in [0.2, 0.25) is 5.91 Å². The van der Waals surface area contributed by atoms with Gasteiger partial charge in [0.15, 0.2) is 11.6 Å². The molecule has 0 saturated carbocycles. The topological polar surface area (TPSA) is 135 Å². The molecule has 12 nitrogen and oxygen atoms in total. The van der Waals surface area contributed by atoms with E-state index in [9.17, 15) is 14.4 Å². The molecule has 0 radical (unpaired) electrons. The van der Waals surface area contributed by atoms with Gasteiger partial charge in [0.1, 0.15) is 12.7 Å². The second-order valence-corrected chi connectivity index (χ2v) is 6.51. The Hall–Kier alpha value is -3.83. The van der Waals surface area contributed by atoms with E-state index in [1.807, 2.05) is 12.1 Å². The number of nitrogens with zero attached hydrogens (tertiary/aromatic N) is 8. The monoisotopic (exact) mass is 397 g/mol. The quantitative estimate of drug-likeness (QED) is 0.558. The van der Waals surface area contributed by atoms with Crippen LogP contribution in [0.15, 0.2) is 46.6 Å². The van der Waals surface area contributed by atoms with Crippen LogP contribution in [0.25, 0.3) is 5.82 Å². The van der Waals surface area contributed by atoms with Gasteiger partial charge in [-0.3, -0.25) is 14.6 Å². The van der Waals surface area contributed by atoms with Crippen molar-refractivity contribution in [2.45, 2.75) is 13.0 Å². The zero-order chi connectivity index (χ0) is 20.2. The molecule has 4 heterocycles. The molecule has 1 amide bonds. The van der Waals surface area contributed by atoms with E-state index in [0.717, 1.165) is 5.82 Å². The SMILES string of the molecule is O=C(CCn1ccc(=O)[nH]c1=O)N1CCN(c2ccc(-n3cncn3)nn2)CC1. The maximum atomic E-state index is 12.4. The minimum atomic E-state index is -0.511. The van der Waals surface area contributed by atoms with Crippen LogP contribution >= 0.6 is 0 Å². The summed E-state index contributed by atoms with van der Waals surface area (Å²) in [6.45, 7) is 2.63. The van der Waals surface area contributed by atoms with Crippen LogP contribution in [0.2, 0.25) is 0 Å². The Morgan fingerprint density at radius 2 is 1.79 bits per heavy atom. The number of amides is 1. The van der Waals surface area contributed by atoms with Crippen molar-refractivity contribution in [3.8, 4) is 5.82 Å². The van der Waals surface area contributed by atoms with Crippen LogP contribution < -0.4 is 16.1 Å². The third kappa shape index (κ3) is 4.20. The molecule has 0 aromatic carbocycles. The molecule has 3 aromatic heterocycles. The van der Waals surface area contributed by atoms with Crippen molar-refractivity contribution in [1.82, 2.24) is 39.4 Å². The molecule has 0 unspecified atom stereocenters. The first kappa shape index (κ1) is 18.5. The lowest BCUT2D eigenvalue weighted by Gasteiger charge is -2.35. The van der Waals surface area contributed by atoms with Gasteiger partial charge in [-0.2, -0.15) is 5.10 Å². The summed E-state index contributed by atoms with van der Waals surface area (Å²) < 4.78 is 2.85. The summed E-state index contributed by atoms with van der Waals surface area (Å²) in [5, 5.41) is 12.4. The minimum absolute atomic E-state index is 0.0321. The second kappa shape index (κ2) is 8.04. The molecule has 1 N–H and O–H groups in total. The molecule has 150 valence electrons. The predicted octanol–water partition coefficient (Wildman–Crippen LogP) is -1.35. The normalized spacial score (nSPS) is 14.2. The number of hydrogen-bond donors (Lipinski definition) is 1. The Kier molecular flexibility index (Phi) is 5.14. The number of carbonyl (C=O) groups is 1. The van der Waals surface area contributed by atoms with Gasteiger partial charge in [0.05, 0.1) is 0 Å². The maximum absolute atomic E-state index is 12.4. The molecule has 1 fully saturated rings. The third-order valence-electron chi connectivity index (χ3n) is 4.71. The zero-order valence-corrected chi connectivity index (χ0v) is 15.5. The Balaban J connectivity index is 1.30. The highest BCUT2D eigenvalue weighted by Crippen LogP contribution is 2.14. The molecule has 4 rings (SSSR count). The van der Waals surface area contributed by atoms with Crippen LogP contribution in [0, 0.1) is 0 Å². The number of aryl methyl sites for hydroxylation is 1. The van der Waals surface area contributed by atoms with Crippen LogP contribution in [0.1, 0.15) is 6.42 Å². The van der Waals surface area contributed by atoms with Crippen molar-refractivity contribution in [1.29, 1.82) is 0 Å². The molecule has 0 atom stereocenters. The number of hydrogen-bond acceptors (Lipinski definition) is 8. The summed E-state index contributed by atoms with van der Waals surface area (Å²) in [6.07, 6.45) is 4.57. The van der Waals surface area contributed by atoms with E-state index in [1.165, 1.54) is 27.8 Å². The summed E-state index contributed by atoms with van der Waals surface area (Å²) in [5.74, 6) is 1.29. The fraction of sp³-hybridized carbons (Fsp3) is 0.353. The lowest BCUT2D eigenvalue weighted by molar-refractivity contribution is -0.131. The van der Waals surface area contributed by atoms with E-state index in [2.05, 4.69) is 30.2 Å². The van der Waals surface area contributed by atoms with Crippen molar-refractivity contribution in [3.05, 3.63) is 57.9 Å². The highest BCUT2D eigenvalue weighted by atomic mass is 16.2. The largest absolute Gasteiger partial charge is 0.352 e. The number of nitrogens with one attached hydrogen (secondary N) is 1. The minimum Gasteiger partial charge on any atom is -0.352 e. The van der Waals surface area contributed by atoms with E-state index in [1.54, 1.807) is 11.2 Å². The predicted molar refractivity (Wildman–Crippen MR) is 102 cm³/mol. The summed E-state index contributed by atoms with van der Waals surface area (Å²) in [5.41, 5.74) is -0.964.